The lowest BCUT2D eigenvalue weighted by Crippen LogP contribution is -1.98. The van der Waals surface area contributed by atoms with E-state index >= 15 is 0 Å². The van der Waals surface area contributed by atoms with Gasteiger partial charge in [0.1, 0.15) is 0 Å². The SMILES string of the molecule is CC(C1=CCC=C1)C1=CC=CC1. The minimum Gasteiger partial charge on any atom is -0.0804 e. The molecule has 1 atom stereocenters. The molecule has 2 aliphatic carbocycles. The zero-order chi connectivity index (χ0) is 8.39. The molecule has 0 amide bonds. The summed E-state index contributed by atoms with van der Waals surface area (Å²) in [7, 11) is 0. The molecule has 1 unspecified atom stereocenters. The molecule has 2 aliphatic rings. The molecule has 0 spiro atoms. The summed E-state index contributed by atoms with van der Waals surface area (Å²) >= 11 is 0. The second kappa shape index (κ2) is 3.14. The van der Waals surface area contributed by atoms with E-state index in [2.05, 4.69) is 43.4 Å². The van der Waals surface area contributed by atoms with E-state index in [0.717, 1.165) is 12.8 Å². The van der Waals surface area contributed by atoms with Crippen LogP contribution in [0.15, 0.2) is 47.6 Å². The van der Waals surface area contributed by atoms with E-state index in [9.17, 15) is 0 Å². The van der Waals surface area contributed by atoms with Crippen molar-refractivity contribution in [3.05, 3.63) is 47.6 Å². The maximum absolute atomic E-state index is 2.32. The number of rotatable bonds is 2. The maximum Gasteiger partial charge on any atom is 0.00228 e. The minimum atomic E-state index is 0.624. The first-order chi connectivity index (χ1) is 5.88. The van der Waals surface area contributed by atoms with Crippen LogP contribution in [0.5, 0.6) is 0 Å². The fraction of sp³-hybridized carbons (Fsp3) is 0.333. The molecule has 0 aliphatic heterocycles. The third-order valence-electron chi connectivity index (χ3n) is 2.66. The van der Waals surface area contributed by atoms with Gasteiger partial charge in [-0.25, -0.2) is 0 Å². The van der Waals surface area contributed by atoms with Crippen LogP contribution in [0, 0.1) is 5.92 Å². The van der Waals surface area contributed by atoms with E-state index in [0.29, 0.717) is 5.92 Å². The van der Waals surface area contributed by atoms with Gasteiger partial charge >= 0.3 is 0 Å². The maximum atomic E-state index is 2.32. The van der Waals surface area contributed by atoms with Gasteiger partial charge in [0.05, 0.1) is 0 Å². The van der Waals surface area contributed by atoms with Crippen molar-refractivity contribution in [3.63, 3.8) is 0 Å². The summed E-state index contributed by atoms with van der Waals surface area (Å²) in [4.78, 5) is 0. The van der Waals surface area contributed by atoms with Crippen LogP contribution in [0.2, 0.25) is 0 Å². The molecular weight excluding hydrogens is 144 g/mol. The van der Waals surface area contributed by atoms with Crippen LogP contribution in [0.1, 0.15) is 19.8 Å². The highest BCUT2D eigenvalue weighted by molar-refractivity contribution is 5.37. The van der Waals surface area contributed by atoms with Gasteiger partial charge in [0.2, 0.25) is 0 Å². The Hall–Kier alpha value is -1.04. The van der Waals surface area contributed by atoms with Crippen molar-refractivity contribution >= 4 is 0 Å². The smallest absolute Gasteiger partial charge is 0.00228 e. The second-order valence-electron chi connectivity index (χ2n) is 3.44. The highest BCUT2D eigenvalue weighted by Gasteiger charge is 2.13. The lowest BCUT2D eigenvalue weighted by molar-refractivity contribution is 0.805. The Labute approximate surface area is 74.0 Å². The number of allylic oxidation sites excluding steroid dienone is 8. The van der Waals surface area contributed by atoms with Gasteiger partial charge in [-0.05, 0) is 18.4 Å². The van der Waals surface area contributed by atoms with Crippen molar-refractivity contribution in [2.24, 2.45) is 5.92 Å². The zero-order valence-corrected chi connectivity index (χ0v) is 7.46. The van der Waals surface area contributed by atoms with Crippen LogP contribution in [0.25, 0.3) is 0 Å². The molecule has 62 valence electrons. The summed E-state index contributed by atoms with van der Waals surface area (Å²) < 4.78 is 0. The van der Waals surface area contributed by atoms with Crippen molar-refractivity contribution in [2.75, 3.05) is 0 Å². The van der Waals surface area contributed by atoms with Crippen molar-refractivity contribution < 1.29 is 0 Å². The van der Waals surface area contributed by atoms with E-state index < -0.39 is 0 Å². The Morgan fingerprint density at radius 2 is 2.25 bits per heavy atom. The van der Waals surface area contributed by atoms with E-state index in [1.807, 2.05) is 0 Å². The number of hydrogen-bond acceptors (Lipinski definition) is 0. The molecule has 0 bridgehead atoms. The average Bonchev–Trinajstić information content (AvgIpc) is 2.77. The normalized spacial score (nSPS) is 22.8. The van der Waals surface area contributed by atoms with E-state index in [1.165, 1.54) is 5.57 Å². The topological polar surface area (TPSA) is 0 Å². The van der Waals surface area contributed by atoms with Crippen LogP contribution >= 0.6 is 0 Å². The molecule has 0 saturated carbocycles. The van der Waals surface area contributed by atoms with Gasteiger partial charge in [-0.15, -0.1) is 0 Å². The van der Waals surface area contributed by atoms with E-state index in [1.54, 1.807) is 5.57 Å². The Morgan fingerprint density at radius 3 is 2.83 bits per heavy atom. The lowest BCUT2D eigenvalue weighted by atomic mass is 9.93. The molecule has 12 heavy (non-hydrogen) atoms. The predicted molar refractivity (Wildman–Crippen MR) is 52.8 cm³/mol. The first kappa shape index (κ1) is 7.60. The summed E-state index contributed by atoms with van der Waals surface area (Å²) in [6.07, 6.45) is 15.7. The standard InChI is InChI=1S/C12H14/c1-10(11-6-2-3-7-11)12-8-4-5-9-12/h2-4,6,8-10H,5,7H2,1H3. The highest BCUT2D eigenvalue weighted by Crippen LogP contribution is 2.29. The summed E-state index contributed by atoms with van der Waals surface area (Å²) in [6.45, 7) is 2.29. The first-order valence-electron chi connectivity index (χ1n) is 4.60. The lowest BCUT2D eigenvalue weighted by Gasteiger charge is -2.12. The van der Waals surface area contributed by atoms with Gasteiger partial charge < -0.3 is 0 Å². The van der Waals surface area contributed by atoms with Crippen molar-refractivity contribution in [1.82, 2.24) is 0 Å². The fourth-order valence-electron chi connectivity index (χ4n) is 1.80. The summed E-state index contributed by atoms with van der Waals surface area (Å²) in [5.41, 5.74) is 3.04. The molecule has 0 aromatic heterocycles. The third-order valence-corrected chi connectivity index (χ3v) is 2.66. The molecule has 0 heterocycles. The molecule has 0 aromatic carbocycles. The molecule has 0 nitrogen and oxygen atoms in total. The molecule has 0 saturated heterocycles. The predicted octanol–water partition coefficient (Wildman–Crippen LogP) is 3.40. The fourth-order valence-corrected chi connectivity index (χ4v) is 1.80. The Bertz CT molecular complexity index is 287. The molecule has 2 rings (SSSR count). The van der Waals surface area contributed by atoms with Gasteiger partial charge in [-0.1, -0.05) is 49.0 Å². The second-order valence-corrected chi connectivity index (χ2v) is 3.44. The quantitative estimate of drug-likeness (QED) is 0.577. The molecule has 0 radical (unpaired) electrons. The zero-order valence-electron chi connectivity index (χ0n) is 7.46. The molecule has 0 heteroatoms. The van der Waals surface area contributed by atoms with Crippen LogP contribution in [0.3, 0.4) is 0 Å². The van der Waals surface area contributed by atoms with Crippen molar-refractivity contribution in [2.45, 2.75) is 19.8 Å². The highest BCUT2D eigenvalue weighted by atomic mass is 14.2. The Balaban J connectivity index is 2.09. The van der Waals surface area contributed by atoms with Crippen LogP contribution in [0.4, 0.5) is 0 Å². The number of hydrogen-bond donors (Lipinski definition) is 0. The third kappa shape index (κ3) is 1.29. The molecule has 0 aromatic rings. The summed E-state index contributed by atoms with van der Waals surface area (Å²) in [6, 6.07) is 0. The van der Waals surface area contributed by atoms with E-state index in [4.69, 9.17) is 0 Å². The summed E-state index contributed by atoms with van der Waals surface area (Å²) in [5.74, 6) is 0.624. The first-order valence-corrected chi connectivity index (χ1v) is 4.60. The van der Waals surface area contributed by atoms with Gasteiger partial charge in [0, 0.05) is 5.92 Å². The Morgan fingerprint density at radius 1 is 1.33 bits per heavy atom. The van der Waals surface area contributed by atoms with Gasteiger partial charge in [-0.3, -0.25) is 0 Å². The van der Waals surface area contributed by atoms with Crippen molar-refractivity contribution in [3.8, 4) is 0 Å². The average molecular weight is 158 g/mol. The van der Waals surface area contributed by atoms with Gasteiger partial charge in [-0.2, -0.15) is 0 Å². The van der Waals surface area contributed by atoms with Gasteiger partial charge in [0.25, 0.3) is 0 Å². The largest absolute Gasteiger partial charge is 0.0804 e. The van der Waals surface area contributed by atoms with Crippen LogP contribution in [-0.4, -0.2) is 0 Å². The van der Waals surface area contributed by atoms with Crippen LogP contribution < -0.4 is 0 Å². The minimum absolute atomic E-state index is 0.624. The Kier molecular flexibility index (Phi) is 1.99. The monoisotopic (exact) mass is 158 g/mol. The molecule has 0 N–H and O–H groups in total. The van der Waals surface area contributed by atoms with E-state index in [-0.39, 0.29) is 0 Å². The molecular formula is C12H14. The van der Waals surface area contributed by atoms with Gasteiger partial charge in [0.15, 0.2) is 0 Å². The molecule has 0 fully saturated rings. The van der Waals surface area contributed by atoms with Crippen LogP contribution in [-0.2, 0) is 0 Å². The van der Waals surface area contributed by atoms with Crippen molar-refractivity contribution in [1.29, 1.82) is 0 Å². The summed E-state index contributed by atoms with van der Waals surface area (Å²) in [5, 5.41) is 0.